The first kappa shape index (κ1) is 23.3. The maximum absolute atomic E-state index is 13.0. The lowest BCUT2D eigenvalue weighted by Crippen LogP contribution is -2.27. The van der Waals surface area contributed by atoms with Crippen LogP contribution in [0.15, 0.2) is 65.6 Å². The van der Waals surface area contributed by atoms with Crippen LogP contribution in [-0.2, 0) is 4.79 Å². The summed E-state index contributed by atoms with van der Waals surface area (Å²) in [6.07, 6.45) is 1.67. The second kappa shape index (κ2) is 9.28. The van der Waals surface area contributed by atoms with Gasteiger partial charge in [-0.05, 0) is 42.0 Å². The number of benzene rings is 3. The van der Waals surface area contributed by atoms with E-state index in [9.17, 15) is 25.0 Å². The van der Waals surface area contributed by atoms with Gasteiger partial charge in [0.25, 0.3) is 11.6 Å². The fourth-order valence-electron chi connectivity index (χ4n) is 3.47. The van der Waals surface area contributed by atoms with E-state index < -0.39 is 21.2 Å². The van der Waals surface area contributed by atoms with Crippen LogP contribution in [0.4, 0.5) is 17.1 Å². The van der Waals surface area contributed by atoms with Crippen molar-refractivity contribution in [1.29, 1.82) is 0 Å². The van der Waals surface area contributed by atoms with Gasteiger partial charge in [0, 0.05) is 12.1 Å². The number of thioether (sulfide) groups is 1. The van der Waals surface area contributed by atoms with Crippen LogP contribution in [0.1, 0.15) is 5.56 Å². The Balaban J connectivity index is 1.34. The number of ether oxygens (including phenoxy) is 3. The van der Waals surface area contributed by atoms with Crippen molar-refractivity contribution >= 4 is 57.3 Å². The minimum atomic E-state index is -0.751. The van der Waals surface area contributed by atoms with E-state index in [0.717, 1.165) is 23.9 Å². The Morgan fingerprint density at radius 1 is 0.972 bits per heavy atom. The van der Waals surface area contributed by atoms with Crippen LogP contribution >= 0.6 is 24.0 Å². The molecule has 0 bridgehead atoms. The van der Waals surface area contributed by atoms with Gasteiger partial charge in [0.1, 0.15) is 5.75 Å². The van der Waals surface area contributed by atoms with Crippen LogP contribution in [-0.4, -0.2) is 26.9 Å². The Morgan fingerprint density at radius 2 is 1.72 bits per heavy atom. The number of non-ortho nitro benzene ring substituents is 1. The van der Waals surface area contributed by atoms with Gasteiger partial charge < -0.3 is 14.2 Å². The van der Waals surface area contributed by atoms with Crippen LogP contribution in [0, 0.1) is 20.2 Å². The normalized spacial score (nSPS) is 15.4. The van der Waals surface area contributed by atoms with Crippen molar-refractivity contribution in [3.63, 3.8) is 0 Å². The quantitative estimate of drug-likeness (QED) is 0.178. The smallest absolute Gasteiger partial charge is 0.318 e. The summed E-state index contributed by atoms with van der Waals surface area (Å²) in [5.74, 6) is 0.987. The zero-order valence-corrected chi connectivity index (χ0v) is 19.6. The number of anilines is 1. The number of rotatable bonds is 6. The second-order valence-electron chi connectivity index (χ2n) is 7.39. The van der Waals surface area contributed by atoms with Crippen LogP contribution in [0.5, 0.6) is 23.0 Å². The molecule has 2 aliphatic rings. The van der Waals surface area contributed by atoms with Gasteiger partial charge in [0.05, 0.1) is 26.5 Å². The molecule has 0 N–H and O–H groups in total. The van der Waals surface area contributed by atoms with Gasteiger partial charge in [-0.25, -0.2) is 0 Å². The van der Waals surface area contributed by atoms with Gasteiger partial charge in [0.15, 0.2) is 15.8 Å². The first-order chi connectivity index (χ1) is 17.3. The molecule has 0 saturated carbocycles. The fraction of sp³-hybridized carbons (Fsp3) is 0.0435. The number of carbonyl (C=O) groups is 1. The minimum absolute atomic E-state index is 0.119. The molecule has 0 atom stereocenters. The second-order valence-corrected chi connectivity index (χ2v) is 9.07. The van der Waals surface area contributed by atoms with E-state index in [1.165, 1.54) is 11.0 Å². The van der Waals surface area contributed by atoms with Crippen molar-refractivity contribution in [2.45, 2.75) is 0 Å². The van der Waals surface area contributed by atoms with Crippen molar-refractivity contribution in [1.82, 2.24) is 0 Å². The number of nitro groups is 2. The fourth-order valence-corrected chi connectivity index (χ4v) is 4.77. The van der Waals surface area contributed by atoms with Gasteiger partial charge >= 0.3 is 5.69 Å². The molecule has 0 spiro atoms. The van der Waals surface area contributed by atoms with Crippen molar-refractivity contribution in [3.05, 3.63) is 91.4 Å². The first-order valence-electron chi connectivity index (χ1n) is 10.2. The van der Waals surface area contributed by atoms with Crippen LogP contribution < -0.4 is 19.1 Å². The zero-order valence-electron chi connectivity index (χ0n) is 18.0. The Kier molecular flexibility index (Phi) is 6.00. The molecule has 0 radical (unpaired) electrons. The molecule has 11 nitrogen and oxygen atoms in total. The molecule has 3 aromatic carbocycles. The monoisotopic (exact) mass is 523 g/mol. The summed E-state index contributed by atoms with van der Waals surface area (Å²) in [5.41, 5.74) is 0.299. The molecule has 36 heavy (non-hydrogen) atoms. The van der Waals surface area contributed by atoms with E-state index in [-0.39, 0.29) is 24.2 Å². The lowest BCUT2D eigenvalue weighted by atomic mass is 10.2. The molecule has 5 rings (SSSR count). The Bertz CT molecular complexity index is 1470. The molecule has 1 fully saturated rings. The lowest BCUT2D eigenvalue weighted by Gasteiger charge is -2.14. The molecule has 0 aromatic heterocycles. The van der Waals surface area contributed by atoms with Crippen LogP contribution in [0.2, 0.25) is 0 Å². The summed E-state index contributed by atoms with van der Waals surface area (Å²) in [7, 11) is 0. The Labute approximate surface area is 212 Å². The first-order valence-corrected chi connectivity index (χ1v) is 11.4. The Hall–Kier alpha value is -4.49. The predicted octanol–water partition coefficient (Wildman–Crippen LogP) is 5.43. The highest BCUT2D eigenvalue weighted by Gasteiger charge is 2.34. The Morgan fingerprint density at radius 3 is 2.44 bits per heavy atom. The highest BCUT2D eigenvalue weighted by Crippen LogP contribution is 2.41. The average Bonchev–Trinajstić information content (AvgIpc) is 3.43. The summed E-state index contributed by atoms with van der Waals surface area (Å²) >= 11 is 6.57. The van der Waals surface area contributed by atoms with E-state index in [1.807, 2.05) is 0 Å². The average molecular weight is 524 g/mol. The molecule has 13 heteroatoms. The van der Waals surface area contributed by atoms with Gasteiger partial charge in [-0.1, -0.05) is 36.1 Å². The number of nitro benzene ring substituents is 2. The molecule has 2 heterocycles. The maximum Gasteiger partial charge on any atom is 0.318 e. The summed E-state index contributed by atoms with van der Waals surface area (Å²) in [6.45, 7) is 0.119. The summed E-state index contributed by atoms with van der Waals surface area (Å²) in [6, 6.07) is 14.7. The largest absolute Gasteiger partial charge is 0.454 e. The van der Waals surface area contributed by atoms with E-state index in [0.29, 0.717) is 32.0 Å². The van der Waals surface area contributed by atoms with Crippen LogP contribution in [0.3, 0.4) is 0 Å². The van der Waals surface area contributed by atoms with Crippen molar-refractivity contribution in [2.24, 2.45) is 0 Å². The molecule has 0 aliphatic carbocycles. The van der Waals surface area contributed by atoms with Crippen LogP contribution in [0.25, 0.3) is 6.08 Å². The van der Waals surface area contributed by atoms with Crippen molar-refractivity contribution < 1.29 is 28.9 Å². The topological polar surface area (TPSA) is 134 Å². The number of hydrogen-bond acceptors (Lipinski definition) is 10. The maximum atomic E-state index is 13.0. The molecular formula is C23H13N3O8S2. The molecular weight excluding hydrogens is 510 g/mol. The number of amides is 1. The van der Waals surface area contributed by atoms with Gasteiger partial charge in [-0.15, -0.1) is 0 Å². The van der Waals surface area contributed by atoms with E-state index in [4.69, 9.17) is 26.4 Å². The molecule has 180 valence electrons. The lowest BCUT2D eigenvalue weighted by molar-refractivity contribution is -0.394. The molecule has 1 saturated heterocycles. The van der Waals surface area contributed by atoms with Crippen molar-refractivity contribution in [2.75, 3.05) is 11.7 Å². The van der Waals surface area contributed by atoms with Crippen molar-refractivity contribution in [3.8, 4) is 23.0 Å². The number of hydrogen-bond donors (Lipinski definition) is 0. The van der Waals surface area contributed by atoms with E-state index in [2.05, 4.69) is 0 Å². The number of nitrogens with zero attached hydrogens (tertiary/aromatic N) is 3. The highest BCUT2D eigenvalue weighted by atomic mass is 32.2. The summed E-state index contributed by atoms with van der Waals surface area (Å²) in [5, 5.41) is 22.2. The SMILES string of the molecule is O=C1/C(=C\c2ccc(Oc3ccc([N+](=O)[O-])cc3[N+](=O)[O-])cc2)SC(=S)N1c1ccc2c(c1)OCO2. The molecule has 1 amide bonds. The number of fused-ring (bicyclic) bond motifs is 1. The molecule has 2 aliphatic heterocycles. The highest BCUT2D eigenvalue weighted by molar-refractivity contribution is 8.27. The third kappa shape index (κ3) is 4.44. The van der Waals surface area contributed by atoms with Gasteiger partial charge in [-0.2, -0.15) is 0 Å². The minimum Gasteiger partial charge on any atom is -0.454 e. The summed E-state index contributed by atoms with van der Waals surface area (Å²) < 4.78 is 16.6. The third-order valence-electron chi connectivity index (χ3n) is 5.16. The number of carbonyl (C=O) groups excluding carboxylic acids is 1. The molecule has 3 aromatic rings. The summed E-state index contributed by atoms with van der Waals surface area (Å²) in [4.78, 5) is 35.6. The number of thiocarbonyl (C=S) groups is 1. The van der Waals surface area contributed by atoms with E-state index >= 15 is 0 Å². The van der Waals surface area contributed by atoms with Gasteiger partial charge in [-0.3, -0.25) is 29.9 Å². The predicted molar refractivity (Wildman–Crippen MR) is 134 cm³/mol. The zero-order chi connectivity index (χ0) is 25.4. The standard InChI is InChI=1S/C23H13N3O8S2/c27-22-21(36-23(35)24(22)14-3-8-19-20(11-14)33-12-32-19)9-13-1-5-16(6-2-13)34-18-7-4-15(25(28)29)10-17(18)26(30)31/h1-11H,12H2/b21-9+. The third-order valence-corrected chi connectivity index (χ3v) is 6.47. The van der Waals surface area contributed by atoms with E-state index in [1.54, 1.807) is 48.5 Å². The van der Waals surface area contributed by atoms with Gasteiger partial charge in [0.2, 0.25) is 12.5 Å². The molecule has 0 unspecified atom stereocenters.